The highest BCUT2D eigenvalue weighted by atomic mass is 35.5. The lowest BCUT2D eigenvalue weighted by Crippen LogP contribution is -2.00. The number of nitrogens with zero attached hydrogens (tertiary/aromatic N) is 2. The number of anilines is 2. The molecule has 0 atom stereocenters. The zero-order valence-corrected chi connectivity index (χ0v) is 12.2. The number of benzene rings is 1. The third-order valence-electron chi connectivity index (χ3n) is 3.35. The van der Waals surface area contributed by atoms with E-state index in [0.29, 0.717) is 11.1 Å². The maximum atomic E-state index is 6.06. The van der Waals surface area contributed by atoms with E-state index in [9.17, 15) is 0 Å². The van der Waals surface area contributed by atoms with Gasteiger partial charge in [-0.25, -0.2) is 9.97 Å². The molecular weight excluding hydrogens is 274 g/mol. The van der Waals surface area contributed by atoms with Gasteiger partial charge >= 0.3 is 0 Å². The molecule has 5 heteroatoms. The Morgan fingerprint density at radius 2 is 2.05 bits per heavy atom. The minimum atomic E-state index is 0.478. The lowest BCUT2D eigenvalue weighted by molar-refractivity contribution is 0.414. The van der Waals surface area contributed by atoms with Crippen LogP contribution in [-0.4, -0.2) is 17.1 Å². The number of nitrogens with one attached hydrogen (secondary N) is 1. The van der Waals surface area contributed by atoms with Crippen molar-refractivity contribution in [3.05, 3.63) is 40.8 Å². The lowest BCUT2D eigenvalue weighted by Gasteiger charge is -2.11. The summed E-state index contributed by atoms with van der Waals surface area (Å²) in [6, 6.07) is 7.62. The molecule has 0 bridgehead atoms. The van der Waals surface area contributed by atoms with Crippen molar-refractivity contribution in [2.75, 3.05) is 12.4 Å². The summed E-state index contributed by atoms with van der Waals surface area (Å²) in [5, 5.41) is 3.78. The van der Waals surface area contributed by atoms with Crippen LogP contribution in [-0.2, 0) is 0 Å². The minimum absolute atomic E-state index is 0.478. The summed E-state index contributed by atoms with van der Waals surface area (Å²) in [6.45, 7) is 2.02. The van der Waals surface area contributed by atoms with Gasteiger partial charge in [-0.2, -0.15) is 0 Å². The summed E-state index contributed by atoms with van der Waals surface area (Å²) in [6.07, 6.45) is 2.31. The third-order valence-corrected chi connectivity index (χ3v) is 3.54. The van der Waals surface area contributed by atoms with Crippen LogP contribution >= 0.6 is 11.6 Å². The van der Waals surface area contributed by atoms with Crippen molar-refractivity contribution in [1.82, 2.24) is 9.97 Å². The highest BCUT2D eigenvalue weighted by Gasteiger charge is 2.27. The minimum Gasteiger partial charge on any atom is -0.497 e. The van der Waals surface area contributed by atoms with Crippen LogP contribution in [0.2, 0.25) is 5.15 Å². The Morgan fingerprint density at radius 3 is 2.70 bits per heavy atom. The fraction of sp³-hybridized carbons (Fsp3) is 0.333. The molecule has 1 aliphatic rings. The Hall–Kier alpha value is -1.81. The van der Waals surface area contributed by atoms with Crippen LogP contribution < -0.4 is 10.1 Å². The zero-order chi connectivity index (χ0) is 14.1. The van der Waals surface area contributed by atoms with Crippen molar-refractivity contribution in [3.63, 3.8) is 0 Å². The number of halogens is 1. The first kappa shape index (κ1) is 13.2. The monoisotopic (exact) mass is 289 g/mol. The fourth-order valence-electron chi connectivity index (χ4n) is 2.06. The molecule has 3 rings (SSSR count). The van der Waals surface area contributed by atoms with Crippen LogP contribution in [0.15, 0.2) is 24.3 Å². The first-order valence-corrected chi connectivity index (χ1v) is 6.99. The van der Waals surface area contributed by atoms with Crippen LogP contribution in [0.25, 0.3) is 0 Å². The number of ether oxygens (including phenoxy) is 1. The van der Waals surface area contributed by atoms with Crippen molar-refractivity contribution in [3.8, 4) is 5.75 Å². The lowest BCUT2D eigenvalue weighted by atomic mass is 10.2. The average Bonchev–Trinajstić information content (AvgIpc) is 3.25. The maximum Gasteiger partial charge on any atom is 0.135 e. The summed E-state index contributed by atoms with van der Waals surface area (Å²) in [4.78, 5) is 8.82. The van der Waals surface area contributed by atoms with Crippen LogP contribution in [0, 0.1) is 6.92 Å². The van der Waals surface area contributed by atoms with Gasteiger partial charge in [0.25, 0.3) is 0 Å². The van der Waals surface area contributed by atoms with E-state index in [1.54, 1.807) is 13.2 Å². The molecule has 0 spiro atoms. The van der Waals surface area contributed by atoms with Gasteiger partial charge in [0.1, 0.15) is 22.5 Å². The predicted molar refractivity (Wildman–Crippen MR) is 80.0 cm³/mol. The molecule has 0 radical (unpaired) electrons. The van der Waals surface area contributed by atoms with Gasteiger partial charge in [0, 0.05) is 17.7 Å². The summed E-state index contributed by atoms with van der Waals surface area (Å²) >= 11 is 6.06. The molecule has 4 nitrogen and oxygen atoms in total. The zero-order valence-electron chi connectivity index (χ0n) is 11.5. The van der Waals surface area contributed by atoms with Crippen LogP contribution in [0.1, 0.15) is 30.1 Å². The molecule has 1 heterocycles. The molecular formula is C15H16ClN3O. The normalized spacial score (nSPS) is 14.2. The molecule has 1 aromatic heterocycles. The molecule has 0 amide bonds. The van der Waals surface area contributed by atoms with Gasteiger partial charge in [-0.3, -0.25) is 0 Å². The van der Waals surface area contributed by atoms with Crippen molar-refractivity contribution in [2.24, 2.45) is 0 Å². The van der Waals surface area contributed by atoms with Gasteiger partial charge in [-0.05, 0) is 43.5 Å². The number of aromatic nitrogens is 2. The molecule has 0 saturated heterocycles. The van der Waals surface area contributed by atoms with Crippen molar-refractivity contribution >= 4 is 23.1 Å². The van der Waals surface area contributed by atoms with Gasteiger partial charge in [-0.15, -0.1) is 0 Å². The average molecular weight is 290 g/mol. The van der Waals surface area contributed by atoms with Gasteiger partial charge in [-0.1, -0.05) is 11.6 Å². The predicted octanol–water partition coefficient (Wildman–Crippen LogP) is 4.07. The van der Waals surface area contributed by atoms with Crippen LogP contribution in [0.3, 0.4) is 0 Å². The summed E-state index contributed by atoms with van der Waals surface area (Å²) in [5.41, 5.74) is 2.08. The maximum absolute atomic E-state index is 6.06. The second kappa shape index (κ2) is 5.29. The molecule has 1 saturated carbocycles. The van der Waals surface area contributed by atoms with Gasteiger partial charge in [0.05, 0.1) is 7.11 Å². The van der Waals surface area contributed by atoms with E-state index in [1.165, 1.54) is 0 Å². The molecule has 1 fully saturated rings. The van der Waals surface area contributed by atoms with E-state index in [4.69, 9.17) is 16.3 Å². The second-order valence-corrected chi connectivity index (χ2v) is 5.40. The van der Waals surface area contributed by atoms with Crippen LogP contribution in [0.4, 0.5) is 11.5 Å². The van der Waals surface area contributed by atoms with Crippen LogP contribution in [0.5, 0.6) is 5.75 Å². The van der Waals surface area contributed by atoms with E-state index in [-0.39, 0.29) is 0 Å². The molecule has 104 valence electrons. The quantitative estimate of drug-likeness (QED) is 0.862. The Bertz CT molecular complexity index is 641. The molecule has 1 aliphatic carbocycles. The van der Waals surface area contributed by atoms with Gasteiger partial charge in [0.2, 0.25) is 0 Å². The fourth-order valence-corrected chi connectivity index (χ4v) is 2.25. The first-order chi connectivity index (χ1) is 9.65. The Morgan fingerprint density at radius 1 is 1.25 bits per heavy atom. The SMILES string of the molecule is COc1ccc(Nc2cc(Cl)nc(C3CC3)n2)c(C)c1. The van der Waals surface area contributed by atoms with E-state index in [0.717, 1.165) is 41.5 Å². The van der Waals surface area contributed by atoms with Crippen molar-refractivity contribution < 1.29 is 4.74 Å². The molecule has 0 aliphatic heterocycles. The Labute approximate surface area is 123 Å². The number of rotatable bonds is 4. The van der Waals surface area contributed by atoms with Gasteiger partial charge < -0.3 is 10.1 Å². The summed E-state index contributed by atoms with van der Waals surface area (Å²) in [5.74, 6) is 2.89. The Balaban J connectivity index is 1.87. The number of aryl methyl sites for hydroxylation is 1. The largest absolute Gasteiger partial charge is 0.497 e. The first-order valence-electron chi connectivity index (χ1n) is 6.62. The molecule has 20 heavy (non-hydrogen) atoms. The molecule has 1 aromatic carbocycles. The highest BCUT2D eigenvalue weighted by Crippen LogP contribution is 2.39. The topological polar surface area (TPSA) is 47.0 Å². The molecule has 0 unspecified atom stereocenters. The van der Waals surface area contributed by atoms with E-state index in [2.05, 4.69) is 15.3 Å². The smallest absolute Gasteiger partial charge is 0.135 e. The second-order valence-electron chi connectivity index (χ2n) is 5.01. The van der Waals surface area contributed by atoms with E-state index >= 15 is 0 Å². The Kier molecular flexibility index (Phi) is 3.49. The number of hydrogen-bond acceptors (Lipinski definition) is 4. The summed E-state index contributed by atoms with van der Waals surface area (Å²) in [7, 11) is 1.66. The van der Waals surface area contributed by atoms with Crippen molar-refractivity contribution in [2.45, 2.75) is 25.7 Å². The number of methoxy groups -OCH3 is 1. The van der Waals surface area contributed by atoms with E-state index < -0.39 is 0 Å². The standard InChI is InChI=1S/C15H16ClN3O/c1-9-7-11(20-2)5-6-12(9)17-14-8-13(16)18-15(19-14)10-3-4-10/h5-8,10H,3-4H2,1-2H3,(H,17,18,19). The molecule has 2 aromatic rings. The number of hydrogen-bond donors (Lipinski definition) is 1. The third kappa shape index (κ3) is 2.85. The van der Waals surface area contributed by atoms with Crippen molar-refractivity contribution in [1.29, 1.82) is 0 Å². The van der Waals surface area contributed by atoms with E-state index in [1.807, 2.05) is 25.1 Å². The molecule has 1 N–H and O–H groups in total. The van der Waals surface area contributed by atoms with Gasteiger partial charge in [0.15, 0.2) is 0 Å². The summed E-state index contributed by atoms with van der Waals surface area (Å²) < 4.78 is 5.20. The highest BCUT2D eigenvalue weighted by molar-refractivity contribution is 6.29.